The molecule has 2 fully saturated rings. The maximum Gasteiger partial charge on any atom is 0.246 e. The van der Waals surface area contributed by atoms with Crippen LogP contribution in [0.2, 0.25) is 0 Å². The molecule has 8 nitrogen and oxygen atoms in total. The molecule has 34 heavy (non-hydrogen) atoms. The number of hydrogen-bond donors (Lipinski definition) is 0. The summed E-state index contributed by atoms with van der Waals surface area (Å²) in [5, 5.41) is 0. The van der Waals surface area contributed by atoms with Crippen molar-refractivity contribution in [3.05, 3.63) is 48.3 Å². The summed E-state index contributed by atoms with van der Waals surface area (Å²) in [5.74, 6) is -0.218. The summed E-state index contributed by atoms with van der Waals surface area (Å²) in [7, 11) is -1.02. The van der Waals surface area contributed by atoms with E-state index in [0.29, 0.717) is 39.0 Å². The first-order valence-electron chi connectivity index (χ1n) is 11.3. The van der Waals surface area contributed by atoms with Crippen molar-refractivity contribution in [1.82, 2.24) is 9.21 Å². The number of carbonyl (C=O) groups is 1. The molecule has 2 heterocycles. The van der Waals surface area contributed by atoms with Gasteiger partial charge >= 0.3 is 0 Å². The monoisotopic (exact) mass is 491 g/mol. The van der Waals surface area contributed by atoms with Crippen LogP contribution in [0.3, 0.4) is 0 Å². The predicted octanol–water partition coefficient (Wildman–Crippen LogP) is 2.59. The molecule has 0 saturated carbocycles. The summed E-state index contributed by atoms with van der Waals surface area (Å²) >= 11 is 0. The number of sulfonamides is 1. The van der Waals surface area contributed by atoms with E-state index in [2.05, 4.69) is 4.90 Å². The number of amides is 1. The lowest BCUT2D eigenvalue weighted by Gasteiger charge is -2.39. The Hall–Kier alpha value is -2.85. The van der Waals surface area contributed by atoms with Crippen molar-refractivity contribution in [2.24, 2.45) is 5.92 Å². The zero-order chi connectivity index (χ0) is 24.3. The van der Waals surface area contributed by atoms with Crippen LogP contribution in [0.15, 0.2) is 47.4 Å². The van der Waals surface area contributed by atoms with Gasteiger partial charge in [-0.25, -0.2) is 12.8 Å². The van der Waals surface area contributed by atoms with Gasteiger partial charge in [0.25, 0.3) is 0 Å². The van der Waals surface area contributed by atoms with E-state index in [1.807, 2.05) is 29.2 Å². The van der Waals surface area contributed by atoms with Gasteiger partial charge in [0, 0.05) is 45.0 Å². The number of methoxy groups -OCH3 is 2. The van der Waals surface area contributed by atoms with E-state index in [1.54, 1.807) is 7.11 Å². The van der Waals surface area contributed by atoms with Crippen molar-refractivity contribution in [3.8, 4) is 11.5 Å². The molecule has 1 amide bonds. The topological polar surface area (TPSA) is 79.4 Å². The molecule has 2 aliphatic heterocycles. The summed E-state index contributed by atoms with van der Waals surface area (Å²) in [6, 6.07) is 11.3. The lowest BCUT2D eigenvalue weighted by atomic mass is 9.97. The Bertz CT molecular complexity index is 1120. The second kappa shape index (κ2) is 10.2. The van der Waals surface area contributed by atoms with Gasteiger partial charge in [-0.3, -0.25) is 4.79 Å². The smallest absolute Gasteiger partial charge is 0.246 e. The number of benzene rings is 2. The van der Waals surface area contributed by atoms with Crippen molar-refractivity contribution < 1.29 is 27.1 Å². The SMILES string of the molecule is COc1ccc(N2CCN(C(=O)C3CCCN(S(=O)(=O)c4cc(F)ccc4OC)C3)CC2)cc1. The number of hydrogen-bond acceptors (Lipinski definition) is 6. The van der Waals surface area contributed by atoms with Gasteiger partial charge in [-0.05, 0) is 55.3 Å². The Morgan fingerprint density at radius 2 is 1.68 bits per heavy atom. The Kier molecular flexibility index (Phi) is 7.27. The molecule has 0 spiro atoms. The average Bonchev–Trinajstić information content (AvgIpc) is 2.88. The fourth-order valence-corrected chi connectivity index (χ4v) is 6.28. The van der Waals surface area contributed by atoms with Crippen LogP contribution in [-0.4, -0.2) is 77.0 Å². The number of carbonyl (C=O) groups excluding carboxylic acids is 1. The van der Waals surface area contributed by atoms with Gasteiger partial charge in [-0.1, -0.05) is 0 Å². The Balaban J connectivity index is 1.40. The quantitative estimate of drug-likeness (QED) is 0.618. The van der Waals surface area contributed by atoms with Crippen molar-refractivity contribution in [2.45, 2.75) is 17.7 Å². The highest BCUT2D eigenvalue weighted by molar-refractivity contribution is 7.89. The van der Waals surface area contributed by atoms with Crippen LogP contribution in [0, 0.1) is 11.7 Å². The number of nitrogens with zero attached hydrogens (tertiary/aromatic N) is 3. The molecule has 10 heteroatoms. The van der Waals surface area contributed by atoms with Crippen molar-refractivity contribution in [2.75, 3.05) is 58.4 Å². The van der Waals surface area contributed by atoms with E-state index in [1.165, 1.54) is 17.5 Å². The fraction of sp³-hybridized carbons (Fsp3) is 0.458. The van der Waals surface area contributed by atoms with E-state index in [-0.39, 0.29) is 29.6 Å². The number of rotatable bonds is 6. The summed E-state index contributed by atoms with van der Waals surface area (Å²) in [5.41, 5.74) is 1.08. The van der Waals surface area contributed by atoms with Gasteiger partial charge in [0.15, 0.2) is 0 Å². The third-order valence-corrected chi connectivity index (χ3v) is 8.39. The molecule has 2 saturated heterocycles. The summed E-state index contributed by atoms with van der Waals surface area (Å²) < 4.78 is 51.9. The highest BCUT2D eigenvalue weighted by Crippen LogP contribution is 2.31. The minimum absolute atomic E-state index is 0.0273. The van der Waals surface area contributed by atoms with Crippen LogP contribution >= 0.6 is 0 Å². The van der Waals surface area contributed by atoms with Crippen LogP contribution < -0.4 is 14.4 Å². The number of ether oxygens (including phenoxy) is 2. The molecule has 1 unspecified atom stereocenters. The van der Waals surface area contributed by atoms with Gasteiger partial charge in [0.2, 0.25) is 15.9 Å². The zero-order valence-electron chi connectivity index (χ0n) is 19.4. The highest BCUT2D eigenvalue weighted by atomic mass is 32.2. The Labute approximate surface area is 199 Å². The molecule has 1 atom stereocenters. The van der Waals surface area contributed by atoms with Crippen LogP contribution in [-0.2, 0) is 14.8 Å². The van der Waals surface area contributed by atoms with Crippen LogP contribution in [0.5, 0.6) is 11.5 Å². The summed E-state index contributed by atoms with van der Waals surface area (Å²) in [4.78, 5) is 17.1. The van der Waals surface area contributed by atoms with Gasteiger partial charge in [-0.15, -0.1) is 0 Å². The normalized spacial score (nSPS) is 19.7. The standard InChI is InChI=1S/C24H30FN3O5S/c1-32-21-8-6-20(7-9-21)26-12-14-27(15-13-26)24(29)18-4-3-11-28(17-18)34(30,31)23-16-19(25)5-10-22(23)33-2/h5-10,16,18H,3-4,11-15,17H2,1-2H3. The van der Waals surface area contributed by atoms with Crippen molar-refractivity contribution in [1.29, 1.82) is 0 Å². The molecule has 0 aliphatic carbocycles. The average molecular weight is 492 g/mol. The second-order valence-electron chi connectivity index (χ2n) is 8.51. The van der Waals surface area contributed by atoms with Gasteiger partial charge in [-0.2, -0.15) is 4.31 Å². The maximum absolute atomic E-state index is 13.8. The number of piperidine rings is 1. The molecule has 2 aromatic carbocycles. The third kappa shape index (κ3) is 4.97. The van der Waals surface area contributed by atoms with Crippen molar-refractivity contribution >= 4 is 21.6 Å². The molecule has 0 aromatic heterocycles. The molecule has 0 radical (unpaired) electrons. The number of piperazine rings is 1. The molecular weight excluding hydrogens is 461 g/mol. The number of halogens is 1. The first-order valence-corrected chi connectivity index (χ1v) is 12.8. The molecule has 2 aliphatic rings. The largest absolute Gasteiger partial charge is 0.497 e. The van der Waals surface area contributed by atoms with Crippen LogP contribution in [0.4, 0.5) is 10.1 Å². The van der Waals surface area contributed by atoms with Crippen molar-refractivity contribution in [3.63, 3.8) is 0 Å². The molecule has 4 rings (SSSR count). The highest BCUT2D eigenvalue weighted by Gasteiger charge is 2.37. The fourth-order valence-electron chi connectivity index (χ4n) is 4.59. The Morgan fingerprint density at radius 1 is 0.971 bits per heavy atom. The number of anilines is 1. The minimum Gasteiger partial charge on any atom is -0.497 e. The molecular formula is C24H30FN3O5S. The molecule has 0 N–H and O–H groups in total. The van der Waals surface area contributed by atoms with Gasteiger partial charge < -0.3 is 19.3 Å². The van der Waals surface area contributed by atoms with Crippen LogP contribution in [0.1, 0.15) is 12.8 Å². The molecule has 2 aromatic rings. The zero-order valence-corrected chi connectivity index (χ0v) is 20.3. The van der Waals surface area contributed by atoms with E-state index in [4.69, 9.17) is 9.47 Å². The van der Waals surface area contributed by atoms with E-state index in [9.17, 15) is 17.6 Å². The van der Waals surface area contributed by atoms with Crippen LogP contribution in [0.25, 0.3) is 0 Å². The molecule has 184 valence electrons. The lowest BCUT2D eigenvalue weighted by Crippen LogP contribution is -2.53. The van der Waals surface area contributed by atoms with E-state index in [0.717, 1.165) is 23.6 Å². The Morgan fingerprint density at radius 3 is 2.32 bits per heavy atom. The predicted molar refractivity (Wildman–Crippen MR) is 126 cm³/mol. The second-order valence-corrected chi connectivity index (χ2v) is 10.4. The minimum atomic E-state index is -4.00. The first kappa shape index (κ1) is 24.3. The van der Waals surface area contributed by atoms with Gasteiger partial charge in [0.05, 0.1) is 20.1 Å². The maximum atomic E-state index is 13.8. The van der Waals surface area contributed by atoms with E-state index >= 15 is 0 Å². The third-order valence-electron chi connectivity index (χ3n) is 6.51. The van der Waals surface area contributed by atoms with Gasteiger partial charge in [0.1, 0.15) is 22.2 Å². The van der Waals surface area contributed by atoms with E-state index < -0.39 is 21.8 Å². The summed E-state index contributed by atoms with van der Waals surface area (Å²) in [6.07, 6.45) is 1.20. The molecule has 0 bridgehead atoms. The first-order chi connectivity index (χ1) is 16.3. The lowest BCUT2D eigenvalue weighted by molar-refractivity contribution is -0.137. The summed E-state index contributed by atoms with van der Waals surface area (Å²) in [6.45, 7) is 2.93.